The molecule has 1 amide bonds. The van der Waals surface area contributed by atoms with Gasteiger partial charge in [-0.25, -0.2) is 14.1 Å². The molecular weight excluding hydrogens is 440 g/mol. The maximum Gasteiger partial charge on any atom is 0.436 e. The van der Waals surface area contributed by atoms with Crippen LogP contribution in [0.1, 0.15) is 48.7 Å². The Morgan fingerprint density at radius 1 is 1.32 bits per heavy atom. The molecule has 12 heteroatoms. The van der Waals surface area contributed by atoms with Crippen molar-refractivity contribution in [3.8, 4) is 0 Å². The van der Waals surface area contributed by atoms with Gasteiger partial charge in [0.2, 0.25) is 5.95 Å². The summed E-state index contributed by atoms with van der Waals surface area (Å²) in [5.41, 5.74) is -0.342. The Morgan fingerprint density at radius 3 is 2.71 bits per heavy atom. The van der Waals surface area contributed by atoms with Crippen LogP contribution in [0.15, 0.2) is 30.6 Å². The highest BCUT2D eigenvalue weighted by Crippen LogP contribution is 2.47. The number of nitrogens with zero attached hydrogens (tertiary/aromatic N) is 5. The fourth-order valence-electron chi connectivity index (χ4n) is 3.20. The zero-order chi connectivity index (χ0) is 22.3. The Balaban J connectivity index is 1.50. The van der Waals surface area contributed by atoms with Crippen molar-refractivity contribution >= 4 is 23.5 Å². The van der Waals surface area contributed by atoms with Gasteiger partial charge in [0.25, 0.3) is 5.91 Å². The number of carbonyl (C=O) groups excluding carboxylic acids is 1. The molecule has 0 spiro atoms. The average molecular weight is 457 g/mol. The lowest BCUT2D eigenvalue weighted by atomic mass is 10.2. The minimum Gasteiger partial charge on any atom is -0.291 e. The van der Waals surface area contributed by atoms with E-state index in [1.54, 1.807) is 12.1 Å². The fourth-order valence-corrected chi connectivity index (χ4v) is 3.59. The number of alkyl halides is 3. The third-order valence-corrected chi connectivity index (χ3v) is 5.24. The van der Waals surface area contributed by atoms with Crippen molar-refractivity contribution in [3.63, 3.8) is 0 Å². The zero-order valence-corrected chi connectivity index (χ0v) is 17.0. The summed E-state index contributed by atoms with van der Waals surface area (Å²) in [5.74, 6) is -1.22. The number of rotatable bonds is 6. The van der Waals surface area contributed by atoms with E-state index in [0.29, 0.717) is 18.4 Å². The number of nitrogens with one attached hydrogen (secondary N) is 1. The number of benzene rings is 1. The van der Waals surface area contributed by atoms with Gasteiger partial charge in [0.05, 0.1) is 17.3 Å². The maximum absolute atomic E-state index is 13.3. The van der Waals surface area contributed by atoms with E-state index >= 15 is 0 Å². The van der Waals surface area contributed by atoms with Crippen LogP contribution < -0.4 is 5.32 Å². The monoisotopic (exact) mass is 456 g/mol. The summed E-state index contributed by atoms with van der Waals surface area (Å²) in [5, 5.41) is 9.70. The average Bonchev–Trinajstić information content (AvgIpc) is 3.33. The SMILES string of the molecule is CC(C(=O)Nc1ncn(Cc2cccc(F)c2)n1)n1nc(C(F)(F)F)c(Cl)c1C1CC1. The molecule has 1 fully saturated rings. The molecule has 0 aliphatic heterocycles. The van der Waals surface area contributed by atoms with Gasteiger partial charge in [-0.3, -0.25) is 14.8 Å². The molecule has 1 N–H and O–H groups in total. The Labute approximate surface area is 179 Å². The summed E-state index contributed by atoms with van der Waals surface area (Å²) in [7, 11) is 0. The minimum atomic E-state index is -4.72. The third-order valence-electron chi connectivity index (χ3n) is 4.87. The van der Waals surface area contributed by atoms with Gasteiger partial charge in [-0.2, -0.15) is 18.3 Å². The van der Waals surface area contributed by atoms with Crippen molar-refractivity contribution in [1.29, 1.82) is 0 Å². The quantitative estimate of drug-likeness (QED) is 0.557. The highest BCUT2D eigenvalue weighted by Gasteiger charge is 2.43. The van der Waals surface area contributed by atoms with Crippen LogP contribution in [0.3, 0.4) is 0 Å². The van der Waals surface area contributed by atoms with E-state index in [1.807, 2.05) is 0 Å². The normalized spacial score (nSPS) is 15.2. The lowest BCUT2D eigenvalue weighted by Crippen LogP contribution is -2.26. The van der Waals surface area contributed by atoms with Crippen LogP contribution in [-0.4, -0.2) is 30.5 Å². The maximum atomic E-state index is 13.3. The van der Waals surface area contributed by atoms with Crippen LogP contribution in [0.25, 0.3) is 0 Å². The smallest absolute Gasteiger partial charge is 0.291 e. The molecule has 1 aliphatic carbocycles. The van der Waals surface area contributed by atoms with E-state index in [-0.39, 0.29) is 29.9 Å². The number of carbonyl (C=O) groups is 1. The predicted molar refractivity (Wildman–Crippen MR) is 103 cm³/mol. The number of hydrogen-bond donors (Lipinski definition) is 1. The number of halogens is 5. The molecule has 31 heavy (non-hydrogen) atoms. The zero-order valence-electron chi connectivity index (χ0n) is 16.2. The van der Waals surface area contributed by atoms with E-state index < -0.39 is 28.8 Å². The summed E-state index contributed by atoms with van der Waals surface area (Å²) < 4.78 is 55.4. The van der Waals surface area contributed by atoms with Gasteiger partial charge in [0.1, 0.15) is 18.2 Å². The summed E-state index contributed by atoms with van der Waals surface area (Å²) >= 11 is 5.96. The second kappa shape index (κ2) is 7.95. The van der Waals surface area contributed by atoms with Gasteiger partial charge in [0, 0.05) is 5.92 Å². The molecule has 1 atom stereocenters. The molecule has 1 aromatic carbocycles. The third kappa shape index (κ3) is 4.55. The molecule has 1 saturated carbocycles. The van der Waals surface area contributed by atoms with Gasteiger partial charge >= 0.3 is 6.18 Å². The van der Waals surface area contributed by atoms with Crippen LogP contribution in [0.4, 0.5) is 23.5 Å². The van der Waals surface area contributed by atoms with Crippen LogP contribution in [0.2, 0.25) is 5.02 Å². The molecule has 0 radical (unpaired) electrons. The molecule has 0 bridgehead atoms. The van der Waals surface area contributed by atoms with Crippen molar-refractivity contribution in [2.75, 3.05) is 5.32 Å². The van der Waals surface area contributed by atoms with Crippen LogP contribution in [0.5, 0.6) is 0 Å². The summed E-state index contributed by atoms with van der Waals surface area (Å²) in [4.78, 5) is 16.6. The second-order valence-corrected chi connectivity index (χ2v) is 7.70. The van der Waals surface area contributed by atoms with Crippen LogP contribution >= 0.6 is 11.6 Å². The van der Waals surface area contributed by atoms with Crippen LogP contribution in [0, 0.1) is 5.82 Å². The minimum absolute atomic E-state index is 0.0319. The van der Waals surface area contributed by atoms with E-state index in [1.165, 1.54) is 30.1 Å². The van der Waals surface area contributed by atoms with E-state index in [2.05, 4.69) is 20.5 Å². The van der Waals surface area contributed by atoms with Gasteiger partial charge in [0.15, 0.2) is 5.69 Å². The van der Waals surface area contributed by atoms with Gasteiger partial charge in [-0.05, 0) is 37.5 Å². The van der Waals surface area contributed by atoms with E-state index in [9.17, 15) is 22.4 Å². The van der Waals surface area contributed by atoms with Crippen molar-refractivity contribution in [2.45, 2.75) is 44.4 Å². The highest BCUT2D eigenvalue weighted by molar-refractivity contribution is 6.32. The summed E-state index contributed by atoms with van der Waals surface area (Å²) in [6.45, 7) is 1.65. The van der Waals surface area contributed by atoms with Crippen molar-refractivity contribution in [2.24, 2.45) is 0 Å². The molecule has 7 nitrogen and oxygen atoms in total. The Hall–Kier alpha value is -2.95. The first-order chi connectivity index (χ1) is 14.6. The molecule has 2 heterocycles. The highest BCUT2D eigenvalue weighted by atomic mass is 35.5. The number of aromatic nitrogens is 5. The summed E-state index contributed by atoms with van der Waals surface area (Å²) in [6, 6.07) is 4.87. The first-order valence-corrected chi connectivity index (χ1v) is 9.81. The summed E-state index contributed by atoms with van der Waals surface area (Å²) in [6.07, 6.45) is -2.00. The molecule has 1 unspecified atom stereocenters. The van der Waals surface area contributed by atoms with E-state index in [4.69, 9.17) is 11.6 Å². The lowest BCUT2D eigenvalue weighted by Gasteiger charge is -2.14. The van der Waals surface area contributed by atoms with Gasteiger partial charge < -0.3 is 0 Å². The molecule has 2 aromatic heterocycles. The van der Waals surface area contributed by atoms with Gasteiger partial charge in [-0.15, -0.1) is 5.10 Å². The standard InChI is InChI=1S/C19H17ClF4N6O/c1-10(30-15(12-5-6-12)14(20)16(27-30)19(22,23)24)17(31)26-18-25-9-29(28-18)8-11-3-2-4-13(21)7-11/h2-4,7,9-10,12H,5-6,8H2,1H3,(H,26,28,31). The molecule has 1 aliphatic rings. The number of anilines is 1. The lowest BCUT2D eigenvalue weighted by molar-refractivity contribution is -0.141. The Kier molecular flexibility index (Phi) is 5.46. The molecule has 164 valence electrons. The first kappa shape index (κ1) is 21.3. The molecule has 3 aromatic rings. The first-order valence-electron chi connectivity index (χ1n) is 9.43. The van der Waals surface area contributed by atoms with Gasteiger partial charge in [-0.1, -0.05) is 23.7 Å². The topological polar surface area (TPSA) is 77.6 Å². The second-order valence-electron chi connectivity index (χ2n) is 7.33. The van der Waals surface area contributed by atoms with Crippen molar-refractivity contribution in [1.82, 2.24) is 24.5 Å². The molecule has 0 saturated heterocycles. The largest absolute Gasteiger partial charge is 0.436 e. The number of amides is 1. The predicted octanol–water partition coefficient (Wildman–Crippen LogP) is 4.41. The Morgan fingerprint density at radius 2 is 2.06 bits per heavy atom. The Bertz CT molecular complexity index is 1120. The fraction of sp³-hybridized carbons (Fsp3) is 0.368. The number of hydrogen-bond acceptors (Lipinski definition) is 4. The molecular formula is C19H17ClF4N6O. The van der Waals surface area contributed by atoms with E-state index in [0.717, 1.165) is 4.68 Å². The molecule has 4 rings (SSSR count). The van der Waals surface area contributed by atoms with Crippen molar-refractivity contribution < 1.29 is 22.4 Å². The van der Waals surface area contributed by atoms with Crippen molar-refractivity contribution in [3.05, 3.63) is 58.4 Å². The van der Waals surface area contributed by atoms with Crippen LogP contribution in [-0.2, 0) is 17.5 Å².